The highest BCUT2D eigenvalue weighted by Crippen LogP contribution is 2.29. The molecule has 0 aromatic heterocycles. The summed E-state index contributed by atoms with van der Waals surface area (Å²) in [5, 5.41) is 0. The van der Waals surface area contributed by atoms with E-state index in [2.05, 4.69) is 0 Å². The number of benzene rings is 1. The summed E-state index contributed by atoms with van der Waals surface area (Å²) in [7, 11) is 0. The van der Waals surface area contributed by atoms with Gasteiger partial charge < -0.3 is 4.74 Å². The molecule has 0 amide bonds. The van der Waals surface area contributed by atoms with E-state index < -0.39 is 17.7 Å². The summed E-state index contributed by atoms with van der Waals surface area (Å²) < 4.78 is 41.7. The standard InChI is InChI=1S/C12H13F3O2/c1-8(2)7-17-11(16)9-3-5-10(6-4-9)12(13,14)15/h3-6,8H,7H2,1-2H3. The van der Waals surface area contributed by atoms with Crippen LogP contribution in [0.2, 0.25) is 0 Å². The van der Waals surface area contributed by atoms with E-state index in [0.717, 1.165) is 24.3 Å². The second-order valence-electron chi connectivity index (χ2n) is 4.07. The topological polar surface area (TPSA) is 26.3 Å². The van der Waals surface area contributed by atoms with Gasteiger partial charge in [-0.3, -0.25) is 0 Å². The minimum absolute atomic E-state index is 0.124. The van der Waals surface area contributed by atoms with Crippen molar-refractivity contribution in [2.75, 3.05) is 6.61 Å². The lowest BCUT2D eigenvalue weighted by Gasteiger charge is -2.09. The van der Waals surface area contributed by atoms with Crippen LogP contribution in [0, 0.1) is 5.92 Å². The Morgan fingerprint density at radius 3 is 2.18 bits per heavy atom. The molecule has 0 N–H and O–H groups in total. The molecule has 0 bridgehead atoms. The number of hydrogen-bond acceptors (Lipinski definition) is 2. The second kappa shape index (κ2) is 5.21. The minimum atomic E-state index is -4.39. The predicted molar refractivity (Wildman–Crippen MR) is 56.6 cm³/mol. The van der Waals surface area contributed by atoms with Crippen LogP contribution in [0.15, 0.2) is 24.3 Å². The van der Waals surface area contributed by atoms with Crippen LogP contribution in [0.25, 0.3) is 0 Å². The van der Waals surface area contributed by atoms with E-state index in [1.54, 1.807) is 0 Å². The van der Waals surface area contributed by atoms with Gasteiger partial charge in [-0.1, -0.05) is 13.8 Å². The fourth-order valence-corrected chi connectivity index (χ4v) is 1.12. The number of ether oxygens (including phenoxy) is 1. The van der Waals surface area contributed by atoms with Crippen molar-refractivity contribution in [2.45, 2.75) is 20.0 Å². The molecular formula is C12H13F3O2. The van der Waals surface area contributed by atoms with Gasteiger partial charge in [0.15, 0.2) is 0 Å². The van der Waals surface area contributed by atoms with Crippen LogP contribution in [0.1, 0.15) is 29.8 Å². The lowest BCUT2D eigenvalue weighted by Crippen LogP contribution is -2.11. The summed E-state index contributed by atoms with van der Waals surface area (Å²) >= 11 is 0. The van der Waals surface area contributed by atoms with Crippen LogP contribution >= 0.6 is 0 Å². The van der Waals surface area contributed by atoms with Gasteiger partial charge in [0.1, 0.15) is 0 Å². The summed E-state index contributed by atoms with van der Waals surface area (Å²) in [5.74, 6) is -0.416. The fourth-order valence-electron chi connectivity index (χ4n) is 1.12. The number of esters is 1. The zero-order valence-electron chi connectivity index (χ0n) is 9.54. The molecule has 0 aliphatic carbocycles. The zero-order chi connectivity index (χ0) is 13.1. The molecule has 1 aromatic rings. The smallest absolute Gasteiger partial charge is 0.416 e. The summed E-state index contributed by atoms with van der Waals surface area (Å²) in [6.07, 6.45) is -4.39. The molecule has 1 rings (SSSR count). The van der Waals surface area contributed by atoms with E-state index in [0.29, 0.717) is 0 Å². The number of rotatable bonds is 3. The summed E-state index contributed by atoms with van der Waals surface area (Å²) in [6, 6.07) is 3.97. The molecule has 0 saturated carbocycles. The Morgan fingerprint density at radius 2 is 1.76 bits per heavy atom. The largest absolute Gasteiger partial charge is 0.462 e. The van der Waals surface area contributed by atoms with Gasteiger partial charge in [0, 0.05) is 0 Å². The Morgan fingerprint density at radius 1 is 1.24 bits per heavy atom. The molecule has 5 heteroatoms. The third kappa shape index (κ3) is 4.09. The molecule has 0 saturated heterocycles. The van der Waals surface area contributed by atoms with Crippen molar-refractivity contribution in [1.82, 2.24) is 0 Å². The molecule has 1 aromatic carbocycles. The molecule has 17 heavy (non-hydrogen) atoms. The fraction of sp³-hybridized carbons (Fsp3) is 0.417. The summed E-state index contributed by atoms with van der Waals surface area (Å²) in [4.78, 5) is 11.4. The third-order valence-corrected chi connectivity index (χ3v) is 2.00. The number of carbonyl (C=O) groups excluding carboxylic acids is 1. The van der Waals surface area contributed by atoms with Gasteiger partial charge in [0.2, 0.25) is 0 Å². The zero-order valence-corrected chi connectivity index (χ0v) is 9.54. The SMILES string of the molecule is CC(C)COC(=O)c1ccc(C(F)(F)F)cc1. The van der Waals surface area contributed by atoms with E-state index >= 15 is 0 Å². The van der Waals surface area contributed by atoms with Gasteiger partial charge in [-0.2, -0.15) is 13.2 Å². The Kier molecular flexibility index (Phi) is 4.15. The molecular weight excluding hydrogens is 233 g/mol. The number of alkyl halides is 3. The van der Waals surface area contributed by atoms with Crippen LogP contribution in [0.4, 0.5) is 13.2 Å². The molecule has 0 atom stereocenters. The van der Waals surface area contributed by atoms with Crippen molar-refractivity contribution in [2.24, 2.45) is 5.92 Å². The summed E-state index contributed by atoms with van der Waals surface area (Å²) in [6.45, 7) is 4.00. The highest BCUT2D eigenvalue weighted by Gasteiger charge is 2.30. The molecule has 0 aliphatic rings. The van der Waals surface area contributed by atoms with Gasteiger partial charge in [0.25, 0.3) is 0 Å². The van der Waals surface area contributed by atoms with Gasteiger partial charge >= 0.3 is 12.1 Å². The normalized spacial score (nSPS) is 11.6. The number of carbonyl (C=O) groups is 1. The van der Waals surface area contributed by atoms with Crippen molar-refractivity contribution in [1.29, 1.82) is 0 Å². The van der Waals surface area contributed by atoms with E-state index in [-0.39, 0.29) is 18.1 Å². The van der Waals surface area contributed by atoms with Crippen molar-refractivity contribution < 1.29 is 22.7 Å². The monoisotopic (exact) mass is 246 g/mol. The Bertz CT molecular complexity index is 380. The first-order valence-corrected chi connectivity index (χ1v) is 5.15. The van der Waals surface area contributed by atoms with Crippen LogP contribution in [0.5, 0.6) is 0 Å². The molecule has 0 unspecified atom stereocenters. The third-order valence-electron chi connectivity index (χ3n) is 2.00. The van der Waals surface area contributed by atoms with Crippen molar-refractivity contribution >= 4 is 5.97 Å². The van der Waals surface area contributed by atoms with Crippen LogP contribution in [0.3, 0.4) is 0 Å². The lowest BCUT2D eigenvalue weighted by molar-refractivity contribution is -0.137. The first-order chi connectivity index (χ1) is 7.80. The van der Waals surface area contributed by atoms with Gasteiger partial charge in [0.05, 0.1) is 17.7 Å². The number of hydrogen-bond donors (Lipinski definition) is 0. The minimum Gasteiger partial charge on any atom is -0.462 e. The van der Waals surface area contributed by atoms with Gasteiger partial charge in [-0.15, -0.1) is 0 Å². The highest BCUT2D eigenvalue weighted by atomic mass is 19.4. The maximum Gasteiger partial charge on any atom is 0.416 e. The van der Waals surface area contributed by atoms with Crippen LogP contribution in [-0.2, 0) is 10.9 Å². The first-order valence-electron chi connectivity index (χ1n) is 5.15. The predicted octanol–water partition coefficient (Wildman–Crippen LogP) is 3.52. The molecule has 0 aliphatic heterocycles. The molecule has 0 heterocycles. The average molecular weight is 246 g/mol. The van der Waals surface area contributed by atoms with Gasteiger partial charge in [-0.05, 0) is 30.2 Å². The second-order valence-corrected chi connectivity index (χ2v) is 4.07. The lowest BCUT2D eigenvalue weighted by atomic mass is 10.1. The van der Waals surface area contributed by atoms with Crippen molar-refractivity contribution in [3.8, 4) is 0 Å². The quantitative estimate of drug-likeness (QED) is 0.763. The molecule has 0 spiro atoms. The molecule has 0 fully saturated rings. The number of halogens is 3. The average Bonchev–Trinajstić information content (AvgIpc) is 2.25. The first kappa shape index (κ1) is 13.5. The Hall–Kier alpha value is -1.52. The molecule has 2 nitrogen and oxygen atoms in total. The molecule has 0 radical (unpaired) electrons. The van der Waals surface area contributed by atoms with E-state index in [9.17, 15) is 18.0 Å². The van der Waals surface area contributed by atoms with E-state index in [4.69, 9.17) is 4.74 Å². The molecule has 94 valence electrons. The maximum atomic E-state index is 12.3. The van der Waals surface area contributed by atoms with Crippen LogP contribution < -0.4 is 0 Å². The van der Waals surface area contributed by atoms with Crippen molar-refractivity contribution in [3.63, 3.8) is 0 Å². The van der Waals surface area contributed by atoms with Crippen LogP contribution in [-0.4, -0.2) is 12.6 Å². The van der Waals surface area contributed by atoms with E-state index in [1.807, 2.05) is 13.8 Å². The Balaban J connectivity index is 2.71. The Labute approximate surface area is 97.4 Å². The maximum absolute atomic E-state index is 12.3. The summed E-state index contributed by atoms with van der Waals surface area (Å²) in [5.41, 5.74) is -0.656. The highest BCUT2D eigenvalue weighted by molar-refractivity contribution is 5.89. The van der Waals surface area contributed by atoms with E-state index in [1.165, 1.54) is 0 Å². The van der Waals surface area contributed by atoms with Crippen molar-refractivity contribution in [3.05, 3.63) is 35.4 Å². The van der Waals surface area contributed by atoms with Gasteiger partial charge in [-0.25, -0.2) is 4.79 Å².